The third-order valence-corrected chi connectivity index (χ3v) is 3.63. The molecule has 0 saturated heterocycles. The number of unbranched alkanes of at least 4 members (excludes halogenated alkanes) is 4. The number of hydrogen-bond donors (Lipinski definition) is 2. The van der Waals surface area contributed by atoms with Crippen molar-refractivity contribution < 1.29 is 9.90 Å². The molecular formula is C17H27NO2. The van der Waals surface area contributed by atoms with Crippen LogP contribution in [0.3, 0.4) is 0 Å². The highest BCUT2D eigenvalue weighted by Crippen LogP contribution is 2.19. The highest BCUT2D eigenvalue weighted by Gasteiger charge is 2.08. The third-order valence-electron chi connectivity index (χ3n) is 3.63. The van der Waals surface area contributed by atoms with Crippen LogP contribution in [-0.4, -0.2) is 17.1 Å². The molecule has 1 aromatic rings. The van der Waals surface area contributed by atoms with Crippen LogP contribution >= 0.6 is 0 Å². The molecule has 112 valence electrons. The van der Waals surface area contributed by atoms with Gasteiger partial charge in [-0.15, -0.1) is 0 Å². The normalized spacial score (nSPS) is 12.2. The van der Waals surface area contributed by atoms with Crippen molar-refractivity contribution in [2.45, 2.75) is 65.3 Å². The summed E-state index contributed by atoms with van der Waals surface area (Å²) in [7, 11) is 0. The van der Waals surface area contributed by atoms with Crippen molar-refractivity contribution in [2.75, 3.05) is 5.32 Å². The Morgan fingerprint density at radius 1 is 1.25 bits per heavy atom. The van der Waals surface area contributed by atoms with E-state index in [1.165, 1.54) is 32.1 Å². The lowest BCUT2D eigenvalue weighted by Gasteiger charge is -2.17. The Balaban J connectivity index is 2.46. The molecule has 0 heterocycles. The summed E-state index contributed by atoms with van der Waals surface area (Å²) in [6.45, 7) is 6.39. The number of anilines is 1. The first-order chi connectivity index (χ1) is 9.54. The van der Waals surface area contributed by atoms with Crippen LogP contribution in [0.15, 0.2) is 18.2 Å². The monoisotopic (exact) mass is 277 g/mol. The summed E-state index contributed by atoms with van der Waals surface area (Å²) in [4.78, 5) is 11.0. The van der Waals surface area contributed by atoms with Gasteiger partial charge >= 0.3 is 5.97 Å². The molecule has 0 aliphatic rings. The molecule has 3 heteroatoms. The number of benzene rings is 1. The van der Waals surface area contributed by atoms with Crippen LogP contribution in [0.5, 0.6) is 0 Å². The predicted molar refractivity (Wildman–Crippen MR) is 84.6 cm³/mol. The van der Waals surface area contributed by atoms with Crippen molar-refractivity contribution in [3.8, 4) is 0 Å². The molecule has 0 aromatic heterocycles. The van der Waals surface area contributed by atoms with Gasteiger partial charge in [-0.05, 0) is 38.0 Å². The average molecular weight is 277 g/mol. The van der Waals surface area contributed by atoms with E-state index in [1.807, 2.05) is 13.0 Å². The van der Waals surface area contributed by atoms with Crippen LogP contribution in [0.25, 0.3) is 0 Å². The van der Waals surface area contributed by atoms with E-state index in [2.05, 4.69) is 19.2 Å². The average Bonchev–Trinajstić information content (AvgIpc) is 2.40. The Morgan fingerprint density at radius 3 is 2.60 bits per heavy atom. The summed E-state index contributed by atoms with van der Waals surface area (Å²) in [5, 5.41) is 12.5. The number of rotatable bonds is 9. The molecule has 1 rings (SSSR count). The Hall–Kier alpha value is -1.51. The fraction of sp³-hybridized carbons (Fsp3) is 0.588. The standard InChI is InChI=1S/C17H27NO2/c1-4-5-6-7-8-9-14(3)18-16-12-15(17(19)20)11-10-13(16)2/h10-12,14,18H,4-9H2,1-3H3,(H,19,20). The molecule has 1 atom stereocenters. The van der Waals surface area contributed by atoms with Gasteiger partial charge in [-0.1, -0.05) is 45.1 Å². The van der Waals surface area contributed by atoms with Crippen molar-refractivity contribution in [2.24, 2.45) is 0 Å². The van der Waals surface area contributed by atoms with Gasteiger partial charge in [0.1, 0.15) is 0 Å². The summed E-state index contributed by atoms with van der Waals surface area (Å²) in [5.74, 6) is -0.875. The molecule has 20 heavy (non-hydrogen) atoms. The van der Waals surface area contributed by atoms with E-state index in [4.69, 9.17) is 5.11 Å². The largest absolute Gasteiger partial charge is 0.478 e. The third kappa shape index (κ3) is 5.64. The molecule has 1 unspecified atom stereocenters. The zero-order valence-electron chi connectivity index (χ0n) is 12.9. The SMILES string of the molecule is CCCCCCCC(C)Nc1cc(C(=O)O)ccc1C. The van der Waals surface area contributed by atoms with Gasteiger partial charge in [0.2, 0.25) is 0 Å². The lowest BCUT2D eigenvalue weighted by molar-refractivity contribution is 0.0697. The molecule has 0 spiro atoms. The van der Waals surface area contributed by atoms with Crippen LogP contribution in [0, 0.1) is 6.92 Å². The fourth-order valence-corrected chi connectivity index (χ4v) is 2.30. The van der Waals surface area contributed by atoms with Crippen molar-refractivity contribution in [3.05, 3.63) is 29.3 Å². The van der Waals surface area contributed by atoms with Gasteiger partial charge in [0.05, 0.1) is 5.56 Å². The van der Waals surface area contributed by atoms with Gasteiger partial charge in [0.15, 0.2) is 0 Å². The van der Waals surface area contributed by atoms with Crippen LogP contribution in [0.4, 0.5) is 5.69 Å². The van der Waals surface area contributed by atoms with Crippen LogP contribution < -0.4 is 5.32 Å². The molecule has 0 amide bonds. The first kappa shape index (κ1) is 16.5. The smallest absolute Gasteiger partial charge is 0.335 e. The minimum absolute atomic E-state index is 0.341. The van der Waals surface area contributed by atoms with Crippen molar-refractivity contribution in [1.82, 2.24) is 0 Å². The maximum atomic E-state index is 11.0. The lowest BCUT2D eigenvalue weighted by atomic mass is 10.1. The second-order valence-corrected chi connectivity index (χ2v) is 5.58. The summed E-state index contributed by atoms with van der Waals surface area (Å²) in [5.41, 5.74) is 2.37. The number of aryl methyl sites for hydroxylation is 1. The maximum absolute atomic E-state index is 11.0. The van der Waals surface area contributed by atoms with E-state index in [0.717, 1.165) is 17.7 Å². The van der Waals surface area contributed by atoms with E-state index in [-0.39, 0.29) is 0 Å². The first-order valence-corrected chi connectivity index (χ1v) is 7.65. The molecule has 0 aliphatic heterocycles. The van der Waals surface area contributed by atoms with Crippen LogP contribution in [0.1, 0.15) is 68.3 Å². The summed E-state index contributed by atoms with van der Waals surface area (Å²) in [6.07, 6.45) is 7.55. The second kappa shape index (κ2) is 8.62. The summed E-state index contributed by atoms with van der Waals surface area (Å²) < 4.78 is 0. The molecule has 0 aliphatic carbocycles. The summed E-state index contributed by atoms with van der Waals surface area (Å²) in [6, 6.07) is 5.61. The maximum Gasteiger partial charge on any atom is 0.335 e. The first-order valence-electron chi connectivity index (χ1n) is 7.65. The summed E-state index contributed by atoms with van der Waals surface area (Å²) >= 11 is 0. The van der Waals surface area contributed by atoms with E-state index < -0.39 is 5.97 Å². The number of carbonyl (C=O) groups is 1. The molecule has 0 radical (unpaired) electrons. The molecule has 3 nitrogen and oxygen atoms in total. The van der Waals surface area contributed by atoms with Gasteiger partial charge < -0.3 is 10.4 Å². The van der Waals surface area contributed by atoms with Crippen molar-refractivity contribution in [3.63, 3.8) is 0 Å². The van der Waals surface area contributed by atoms with Crippen LogP contribution in [-0.2, 0) is 0 Å². The molecule has 0 fully saturated rings. The Morgan fingerprint density at radius 2 is 1.95 bits per heavy atom. The molecule has 2 N–H and O–H groups in total. The molecule has 0 saturated carbocycles. The number of carboxylic acid groups (broad SMARTS) is 1. The predicted octanol–water partition coefficient (Wildman–Crippen LogP) is 4.85. The highest BCUT2D eigenvalue weighted by molar-refractivity contribution is 5.89. The van der Waals surface area contributed by atoms with Crippen LogP contribution in [0.2, 0.25) is 0 Å². The quantitative estimate of drug-likeness (QED) is 0.634. The molecular weight excluding hydrogens is 250 g/mol. The highest BCUT2D eigenvalue weighted by atomic mass is 16.4. The topological polar surface area (TPSA) is 49.3 Å². The van der Waals surface area contributed by atoms with E-state index in [0.29, 0.717) is 11.6 Å². The van der Waals surface area contributed by atoms with Gasteiger partial charge in [-0.2, -0.15) is 0 Å². The van der Waals surface area contributed by atoms with E-state index >= 15 is 0 Å². The van der Waals surface area contributed by atoms with E-state index in [1.54, 1.807) is 12.1 Å². The van der Waals surface area contributed by atoms with Gasteiger partial charge in [0.25, 0.3) is 0 Å². The number of carboxylic acids is 1. The minimum atomic E-state index is -0.875. The second-order valence-electron chi connectivity index (χ2n) is 5.58. The van der Waals surface area contributed by atoms with Gasteiger partial charge in [0, 0.05) is 11.7 Å². The Bertz CT molecular complexity index is 429. The Labute approximate surface area is 122 Å². The number of aromatic carboxylic acids is 1. The zero-order chi connectivity index (χ0) is 15.0. The lowest BCUT2D eigenvalue weighted by Crippen LogP contribution is -2.16. The van der Waals surface area contributed by atoms with E-state index in [9.17, 15) is 4.79 Å². The zero-order valence-corrected chi connectivity index (χ0v) is 12.9. The number of hydrogen-bond acceptors (Lipinski definition) is 2. The minimum Gasteiger partial charge on any atom is -0.478 e. The Kier molecular flexibility index (Phi) is 7.13. The number of nitrogens with one attached hydrogen (secondary N) is 1. The van der Waals surface area contributed by atoms with Gasteiger partial charge in [-0.3, -0.25) is 0 Å². The molecule has 1 aromatic carbocycles. The molecule has 0 bridgehead atoms. The van der Waals surface area contributed by atoms with Gasteiger partial charge in [-0.25, -0.2) is 4.79 Å². The van der Waals surface area contributed by atoms with Crippen molar-refractivity contribution in [1.29, 1.82) is 0 Å². The fourth-order valence-electron chi connectivity index (χ4n) is 2.30. The van der Waals surface area contributed by atoms with Crippen molar-refractivity contribution >= 4 is 11.7 Å².